The van der Waals surface area contributed by atoms with Gasteiger partial charge in [0.1, 0.15) is 0 Å². The van der Waals surface area contributed by atoms with E-state index in [1.54, 1.807) is 16.7 Å². The molecule has 0 heterocycles. The Morgan fingerprint density at radius 3 is 2.08 bits per heavy atom. The van der Waals surface area contributed by atoms with Gasteiger partial charge in [0.2, 0.25) is 26.0 Å². The average molecular weight is 577 g/mol. The number of sulfonamides is 2. The smallest absolute Gasteiger partial charge is 0.341 e. The highest BCUT2D eigenvalue weighted by atomic mass is 35.5. The van der Waals surface area contributed by atoms with Crippen LogP contribution in [0.15, 0.2) is 29.2 Å². The van der Waals surface area contributed by atoms with Gasteiger partial charge in [-0.3, -0.25) is 9.52 Å². The number of rotatable bonds is 9. The van der Waals surface area contributed by atoms with Gasteiger partial charge in [-0.2, -0.15) is 13.2 Å². The Morgan fingerprint density at radius 2 is 1.61 bits per heavy atom. The van der Waals surface area contributed by atoms with Crippen LogP contribution in [0.5, 0.6) is 0 Å². The number of carbonyl (C=O) groups is 1. The van der Waals surface area contributed by atoms with E-state index < -0.39 is 38.0 Å². The van der Waals surface area contributed by atoms with Crippen LogP contribution >= 0.6 is 12.4 Å². The predicted octanol–water partition coefficient (Wildman–Crippen LogP) is 2.59. The highest BCUT2D eigenvalue weighted by molar-refractivity contribution is 7.92. The van der Waals surface area contributed by atoms with Crippen molar-refractivity contribution in [2.75, 3.05) is 17.5 Å². The van der Waals surface area contributed by atoms with Crippen molar-refractivity contribution in [1.29, 1.82) is 0 Å². The molecule has 36 heavy (non-hydrogen) atoms. The van der Waals surface area contributed by atoms with E-state index >= 15 is 0 Å². The van der Waals surface area contributed by atoms with E-state index in [0.29, 0.717) is 25.7 Å². The first-order valence-corrected chi connectivity index (χ1v) is 14.5. The van der Waals surface area contributed by atoms with Crippen molar-refractivity contribution in [2.45, 2.75) is 74.1 Å². The van der Waals surface area contributed by atoms with Crippen molar-refractivity contribution in [1.82, 2.24) is 9.62 Å². The van der Waals surface area contributed by atoms with E-state index in [2.05, 4.69) is 4.72 Å². The molecule has 0 aromatic heterocycles. The average Bonchev–Trinajstić information content (AvgIpc) is 2.70. The van der Waals surface area contributed by atoms with Crippen LogP contribution in [-0.4, -0.2) is 64.7 Å². The van der Waals surface area contributed by atoms with Gasteiger partial charge in [-0.05, 0) is 75.1 Å². The number of nitrogens with one attached hydrogen (secondary N) is 2. The number of amides is 1. The van der Waals surface area contributed by atoms with Gasteiger partial charge in [0.25, 0.3) is 0 Å². The summed E-state index contributed by atoms with van der Waals surface area (Å²) in [7, 11) is -6.83. The van der Waals surface area contributed by atoms with E-state index in [9.17, 15) is 34.8 Å². The van der Waals surface area contributed by atoms with Gasteiger partial charge in [0, 0.05) is 24.8 Å². The van der Waals surface area contributed by atoms with E-state index in [1.165, 1.54) is 0 Å². The quantitative estimate of drug-likeness (QED) is 0.413. The molecule has 0 saturated heterocycles. The van der Waals surface area contributed by atoms with Crippen LogP contribution < -0.4 is 15.2 Å². The molecule has 2 aliphatic carbocycles. The van der Waals surface area contributed by atoms with Crippen LogP contribution in [0.25, 0.3) is 0 Å². The first-order chi connectivity index (χ1) is 16.2. The van der Waals surface area contributed by atoms with Crippen molar-refractivity contribution in [2.24, 2.45) is 11.7 Å². The molecular formula is C21H32ClF3N4O5S2. The lowest BCUT2D eigenvalue weighted by Gasteiger charge is -2.38. The number of hydrogen-bond acceptors (Lipinski definition) is 6. The van der Waals surface area contributed by atoms with Crippen molar-refractivity contribution < 1.29 is 34.8 Å². The lowest BCUT2D eigenvalue weighted by atomic mass is 9.81. The Morgan fingerprint density at radius 1 is 1.06 bits per heavy atom. The number of likely N-dealkylation sites (N-methyl/N-ethyl adjacent to an activating group) is 1. The standard InChI is InChI=1S/C21H31F3N4O5S2.ClH/c1-28(17-3-2-4-17)20(29)19(25)14-5-7-16(8-6-14)27-35(32,33)18-11-9-15(10-12-18)26-34(30,31)13-21(22,23)24;/h9-12,14,16-17,19,26-27H,2-8,13,25H2,1H3;1H/t14-,16-,19-;/m0./s1. The molecular weight excluding hydrogens is 545 g/mol. The van der Waals surface area contributed by atoms with Gasteiger partial charge in [0.15, 0.2) is 5.75 Å². The summed E-state index contributed by atoms with van der Waals surface area (Å²) in [6, 6.07) is 3.68. The topological polar surface area (TPSA) is 139 Å². The highest BCUT2D eigenvalue weighted by Crippen LogP contribution is 2.30. The van der Waals surface area contributed by atoms with Crippen molar-refractivity contribution in [3.63, 3.8) is 0 Å². The third kappa shape index (κ3) is 8.20. The van der Waals surface area contributed by atoms with Crippen LogP contribution in [0.3, 0.4) is 0 Å². The lowest BCUT2D eigenvalue weighted by molar-refractivity contribution is -0.136. The summed E-state index contributed by atoms with van der Waals surface area (Å²) in [6.07, 6.45) is 0.395. The lowest BCUT2D eigenvalue weighted by Crippen LogP contribution is -2.52. The van der Waals surface area contributed by atoms with Crippen molar-refractivity contribution in [3.8, 4) is 0 Å². The SMILES string of the molecule is CN(C(=O)[C@@H](N)[C@H]1CC[C@H](NS(=O)(=O)c2ccc(NS(=O)(=O)CC(F)(F)F)cc2)CC1)C1CCC1.Cl. The second kappa shape index (κ2) is 11.8. The van der Waals surface area contributed by atoms with E-state index in [-0.39, 0.29) is 46.9 Å². The summed E-state index contributed by atoms with van der Waals surface area (Å²) in [6.45, 7) is 0. The first kappa shape index (κ1) is 30.6. The summed E-state index contributed by atoms with van der Waals surface area (Å²) in [5.41, 5.74) is 6.04. The monoisotopic (exact) mass is 576 g/mol. The molecule has 1 atom stereocenters. The third-order valence-corrected chi connectivity index (χ3v) is 9.44. The summed E-state index contributed by atoms with van der Waals surface area (Å²) >= 11 is 0. The summed E-state index contributed by atoms with van der Waals surface area (Å²) in [4.78, 5) is 14.2. The zero-order valence-corrected chi connectivity index (χ0v) is 22.1. The molecule has 4 N–H and O–H groups in total. The molecule has 0 radical (unpaired) electrons. The van der Waals surface area contributed by atoms with Crippen LogP contribution in [0, 0.1) is 5.92 Å². The zero-order valence-electron chi connectivity index (χ0n) is 19.7. The van der Waals surface area contributed by atoms with Gasteiger partial charge in [-0.15, -0.1) is 12.4 Å². The predicted molar refractivity (Wildman–Crippen MR) is 132 cm³/mol. The Labute approximate surface area is 215 Å². The summed E-state index contributed by atoms with van der Waals surface area (Å²) < 4.78 is 90.1. The molecule has 2 fully saturated rings. The van der Waals surface area contributed by atoms with Gasteiger partial charge in [0.05, 0.1) is 10.9 Å². The van der Waals surface area contributed by atoms with Crippen LogP contribution in [0.1, 0.15) is 44.9 Å². The molecule has 2 aliphatic rings. The van der Waals surface area contributed by atoms with Gasteiger partial charge in [-0.1, -0.05) is 0 Å². The molecule has 0 bridgehead atoms. The van der Waals surface area contributed by atoms with Crippen LogP contribution in [0.4, 0.5) is 18.9 Å². The largest absolute Gasteiger partial charge is 0.404 e. The molecule has 206 valence electrons. The Kier molecular flexibility index (Phi) is 10.1. The minimum Gasteiger partial charge on any atom is -0.341 e. The number of nitrogens with two attached hydrogens (primary N) is 1. The minimum absolute atomic E-state index is 0. The molecule has 1 aromatic rings. The maximum atomic E-state index is 12.7. The van der Waals surface area contributed by atoms with Gasteiger partial charge in [-0.25, -0.2) is 21.6 Å². The molecule has 3 rings (SSSR count). The van der Waals surface area contributed by atoms with Crippen molar-refractivity contribution in [3.05, 3.63) is 24.3 Å². The molecule has 15 heteroatoms. The number of benzene rings is 1. The maximum Gasteiger partial charge on any atom is 0.404 e. The number of halogens is 4. The molecule has 0 spiro atoms. The fourth-order valence-corrected chi connectivity index (χ4v) is 6.71. The summed E-state index contributed by atoms with van der Waals surface area (Å²) in [5.74, 6) is -2.16. The highest BCUT2D eigenvalue weighted by Gasteiger charge is 2.36. The first-order valence-electron chi connectivity index (χ1n) is 11.4. The third-order valence-electron chi connectivity index (χ3n) is 6.65. The fourth-order valence-electron chi connectivity index (χ4n) is 4.41. The number of hydrogen-bond donors (Lipinski definition) is 3. The van der Waals surface area contributed by atoms with E-state index in [1.807, 2.05) is 0 Å². The summed E-state index contributed by atoms with van der Waals surface area (Å²) in [5, 5.41) is 0. The molecule has 0 unspecified atom stereocenters. The second-order valence-electron chi connectivity index (χ2n) is 9.29. The Bertz CT molecular complexity index is 1110. The van der Waals surface area contributed by atoms with E-state index in [0.717, 1.165) is 43.5 Å². The number of carbonyl (C=O) groups excluding carboxylic acids is 1. The second-order valence-corrected chi connectivity index (χ2v) is 12.7. The van der Waals surface area contributed by atoms with Crippen molar-refractivity contribution >= 4 is 44.0 Å². The van der Waals surface area contributed by atoms with Crippen LogP contribution in [-0.2, 0) is 24.8 Å². The number of alkyl halides is 3. The molecule has 0 aliphatic heterocycles. The molecule has 9 nitrogen and oxygen atoms in total. The van der Waals surface area contributed by atoms with Gasteiger partial charge >= 0.3 is 6.18 Å². The Hall–Kier alpha value is -1.61. The zero-order chi connectivity index (χ0) is 26.0. The maximum absolute atomic E-state index is 12.7. The minimum atomic E-state index is -4.90. The van der Waals surface area contributed by atoms with E-state index in [4.69, 9.17) is 5.73 Å². The van der Waals surface area contributed by atoms with Crippen LogP contribution in [0.2, 0.25) is 0 Å². The Balaban J connectivity index is 0.00000456. The number of nitrogens with zero attached hydrogens (tertiary/aromatic N) is 1. The number of anilines is 1. The molecule has 1 aromatic carbocycles. The van der Waals surface area contributed by atoms with Gasteiger partial charge < -0.3 is 10.6 Å². The normalized spacial score (nSPS) is 22.1. The molecule has 1 amide bonds. The fraction of sp³-hybridized carbons (Fsp3) is 0.667. The molecule has 2 saturated carbocycles.